The molecule has 0 aromatic heterocycles. The number of rotatable bonds is 14. The van der Waals surface area contributed by atoms with E-state index in [0.717, 1.165) is 11.8 Å². The van der Waals surface area contributed by atoms with Gasteiger partial charge in [0, 0.05) is 0 Å². The van der Waals surface area contributed by atoms with Crippen LogP contribution in [0.15, 0.2) is 0 Å². The van der Waals surface area contributed by atoms with Crippen LogP contribution in [0.25, 0.3) is 0 Å². The summed E-state index contributed by atoms with van der Waals surface area (Å²) in [7, 11) is 0. The van der Waals surface area contributed by atoms with E-state index in [9.17, 15) is 0 Å². The molecule has 1 fully saturated rings. The molecule has 0 spiro atoms. The highest BCUT2D eigenvalue weighted by molar-refractivity contribution is 4.77. The van der Waals surface area contributed by atoms with Crippen molar-refractivity contribution in [1.29, 1.82) is 0 Å². The molecule has 0 nitrogen and oxygen atoms in total. The molecule has 0 heterocycles. The summed E-state index contributed by atoms with van der Waals surface area (Å²) in [6.45, 7) is 4.62. The van der Waals surface area contributed by atoms with Crippen LogP contribution in [-0.2, 0) is 0 Å². The molecule has 0 aromatic rings. The highest BCUT2D eigenvalue weighted by Crippen LogP contribution is 2.38. The second-order valence-electron chi connectivity index (χ2n) is 7.56. The lowest BCUT2D eigenvalue weighted by Gasteiger charge is -2.19. The Morgan fingerprint density at radius 3 is 1.33 bits per heavy atom. The maximum Gasteiger partial charge on any atom is -0.0386 e. The SMILES string of the molecule is CCCCCCCCC1CCCC1CCCCCCCC. The van der Waals surface area contributed by atoms with E-state index < -0.39 is 0 Å². The van der Waals surface area contributed by atoms with Gasteiger partial charge < -0.3 is 0 Å². The van der Waals surface area contributed by atoms with Crippen molar-refractivity contribution < 1.29 is 0 Å². The Hall–Kier alpha value is 0. The first kappa shape index (κ1) is 19.0. The maximum absolute atomic E-state index is 2.31. The minimum absolute atomic E-state index is 1.10. The van der Waals surface area contributed by atoms with Crippen LogP contribution in [0, 0.1) is 11.8 Å². The zero-order valence-corrected chi connectivity index (χ0v) is 15.2. The van der Waals surface area contributed by atoms with E-state index in [2.05, 4.69) is 13.8 Å². The van der Waals surface area contributed by atoms with Gasteiger partial charge in [0.15, 0.2) is 0 Å². The quantitative estimate of drug-likeness (QED) is 0.285. The van der Waals surface area contributed by atoms with E-state index >= 15 is 0 Å². The lowest BCUT2D eigenvalue weighted by molar-refractivity contribution is 0.322. The fourth-order valence-corrected chi connectivity index (χ4v) is 4.25. The second kappa shape index (κ2) is 13.6. The third kappa shape index (κ3) is 9.59. The van der Waals surface area contributed by atoms with E-state index in [4.69, 9.17) is 0 Å². The molecule has 2 atom stereocenters. The molecule has 0 bridgehead atoms. The summed E-state index contributed by atoms with van der Waals surface area (Å²) in [5.74, 6) is 2.21. The molecule has 0 amide bonds. The lowest BCUT2D eigenvalue weighted by Crippen LogP contribution is -2.08. The standard InChI is InChI=1S/C21H42/c1-3-5-7-9-11-13-16-20-18-15-19-21(20)17-14-12-10-8-6-4-2/h20-21H,3-19H2,1-2H3. The van der Waals surface area contributed by atoms with Crippen LogP contribution in [0.2, 0.25) is 0 Å². The average molecular weight is 295 g/mol. The van der Waals surface area contributed by atoms with Crippen LogP contribution in [0.1, 0.15) is 123 Å². The first-order valence-electron chi connectivity index (χ1n) is 10.4. The van der Waals surface area contributed by atoms with Crippen molar-refractivity contribution in [2.75, 3.05) is 0 Å². The molecule has 21 heavy (non-hydrogen) atoms. The van der Waals surface area contributed by atoms with Crippen LogP contribution >= 0.6 is 0 Å². The van der Waals surface area contributed by atoms with Gasteiger partial charge >= 0.3 is 0 Å². The number of unbranched alkanes of at least 4 members (excludes halogenated alkanes) is 10. The zero-order valence-electron chi connectivity index (χ0n) is 15.2. The first-order chi connectivity index (χ1) is 10.4. The molecule has 0 aliphatic heterocycles. The van der Waals surface area contributed by atoms with Crippen molar-refractivity contribution in [3.8, 4) is 0 Å². The van der Waals surface area contributed by atoms with Crippen LogP contribution in [-0.4, -0.2) is 0 Å². The van der Waals surface area contributed by atoms with Gasteiger partial charge in [-0.15, -0.1) is 0 Å². The molecule has 2 unspecified atom stereocenters. The average Bonchev–Trinajstić information content (AvgIpc) is 2.94. The van der Waals surface area contributed by atoms with Gasteiger partial charge in [-0.3, -0.25) is 0 Å². The Morgan fingerprint density at radius 1 is 0.524 bits per heavy atom. The van der Waals surface area contributed by atoms with Gasteiger partial charge in [-0.25, -0.2) is 0 Å². The fourth-order valence-electron chi connectivity index (χ4n) is 4.25. The summed E-state index contributed by atoms with van der Waals surface area (Å²) in [4.78, 5) is 0. The minimum atomic E-state index is 1.10. The van der Waals surface area contributed by atoms with E-state index in [1.807, 2.05) is 0 Å². The summed E-state index contributed by atoms with van der Waals surface area (Å²) in [6.07, 6.45) is 25.3. The van der Waals surface area contributed by atoms with Crippen LogP contribution in [0.3, 0.4) is 0 Å². The molecule has 0 radical (unpaired) electrons. The minimum Gasteiger partial charge on any atom is -0.0654 e. The Kier molecular flexibility index (Phi) is 12.4. The van der Waals surface area contributed by atoms with E-state index in [1.54, 1.807) is 25.7 Å². The van der Waals surface area contributed by atoms with Gasteiger partial charge in [0.05, 0.1) is 0 Å². The van der Waals surface area contributed by atoms with Crippen molar-refractivity contribution in [2.45, 2.75) is 123 Å². The predicted molar refractivity (Wildman–Crippen MR) is 96.8 cm³/mol. The number of hydrogen-bond acceptors (Lipinski definition) is 0. The number of hydrogen-bond donors (Lipinski definition) is 0. The van der Waals surface area contributed by atoms with E-state index in [0.29, 0.717) is 0 Å². The molecule has 0 N–H and O–H groups in total. The van der Waals surface area contributed by atoms with Crippen molar-refractivity contribution in [2.24, 2.45) is 11.8 Å². The van der Waals surface area contributed by atoms with Crippen LogP contribution in [0.4, 0.5) is 0 Å². The maximum atomic E-state index is 2.31. The third-order valence-corrected chi connectivity index (χ3v) is 5.67. The molecule has 1 saturated carbocycles. The Balaban J connectivity index is 1.98. The summed E-state index contributed by atoms with van der Waals surface area (Å²) in [5, 5.41) is 0. The van der Waals surface area contributed by atoms with E-state index in [-0.39, 0.29) is 0 Å². The first-order valence-corrected chi connectivity index (χ1v) is 10.4. The molecule has 126 valence electrons. The molecular weight excluding hydrogens is 252 g/mol. The molecule has 1 rings (SSSR count). The van der Waals surface area contributed by atoms with Gasteiger partial charge in [0.2, 0.25) is 0 Å². The smallest absolute Gasteiger partial charge is 0.0386 e. The van der Waals surface area contributed by atoms with Crippen LogP contribution < -0.4 is 0 Å². The summed E-state index contributed by atoms with van der Waals surface area (Å²) in [6, 6.07) is 0. The van der Waals surface area contributed by atoms with Gasteiger partial charge in [0.1, 0.15) is 0 Å². The van der Waals surface area contributed by atoms with Gasteiger partial charge in [0.25, 0.3) is 0 Å². The lowest BCUT2D eigenvalue weighted by atomic mass is 9.86. The second-order valence-corrected chi connectivity index (χ2v) is 7.56. The molecular formula is C21H42. The highest BCUT2D eigenvalue weighted by atomic mass is 14.3. The van der Waals surface area contributed by atoms with Gasteiger partial charge in [-0.1, -0.05) is 123 Å². The summed E-state index contributed by atoms with van der Waals surface area (Å²) >= 11 is 0. The normalized spacial score (nSPS) is 22.0. The summed E-state index contributed by atoms with van der Waals surface area (Å²) < 4.78 is 0. The van der Waals surface area contributed by atoms with E-state index in [1.165, 1.54) is 83.5 Å². The summed E-state index contributed by atoms with van der Waals surface area (Å²) in [5.41, 5.74) is 0. The fraction of sp³-hybridized carbons (Fsp3) is 1.00. The van der Waals surface area contributed by atoms with Crippen molar-refractivity contribution in [1.82, 2.24) is 0 Å². The van der Waals surface area contributed by atoms with Crippen molar-refractivity contribution in [3.63, 3.8) is 0 Å². The molecule has 0 aromatic carbocycles. The van der Waals surface area contributed by atoms with Crippen molar-refractivity contribution in [3.05, 3.63) is 0 Å². The van der Waals surface area contributed by atoms with Crippen LogP contribution in [0.5, 0.6) is 0 Å². The van der Waals surface area contributed by atoms with Gasteiger partial charge in [-0.05, 0) is 11.8 Å². The topological polar surface area (TPSA) is 0 Å². The molecule has 1 aliphatic rings. The monoisotopic (exact) mass is 294 g/mol. The Morgan fingerprint density at radius 2 is 0.905 bits per heavy atom. The van der Waals surface area contributed by atoms with Gasteiger partial charge in [-0.2, -0.15) is 0 Å². The predicted octanol–water partition coefficient (Wildman–Crippen LogP) is 7.90. The Bertz CT molecular complexity index is 186. The zero-order chi connectivity index (χ0) is 15.2. The Labute approximate surface area is 135 Å². The molecule has 0 heteroatoms. The highest BCUT2D eigenvalue weighted by Gasteiger charge is 2.25. The molecule has 0 saturated heterocycles. The third-order valence-electron chi connectivity index (χ3n) is 5.67. The van der Waals surface area contributed by atoms with Crippen molar-refractivity contribution >= 4 is 0 Å². The molecule has 1 aliphatic carbocycles. The largest absolute Gasteiger partial charge is 0.0654 e.